The van der Waals surface area contributed by atoms with Crippen LogP contribution in [0, 0.1) is 0 Å². The Morgan fingerprint density at radius 3 is 2.25 bits per heavy atom. The van der Waals surface area contributed by atoms with Gasteiger partial charge >= 0.3 is 0 Å². The highest BCUT2D eigenvalue weighted by Gasteiger charge is 2.15. The normalized spacial score (nSPS) is 11.1. The van der Waals surface area contributed by atoms with Crippen molar-refractivity contribution in [3.05, 3.63) is 12.1 Å². The van der Waals surface area contributed by atoms with E-state index in [1.807, 2.05) is 20.8 Å². The van der Waals surface area contributed by atoms with Crippen LogP contribution in [0.25, 0.3) is 0 Å². The first-order valence-electron chi connectivity index (χ1n) is 6.22. The highest BCUT2D eigenvalue weighted by molar-refractivity contribution is 5.95. The molecule has 0 atom stereocenters. The maximum Gasteiger partial charge on any atom is 0.250 e. The maximum absolute atomic E-state index is 11.8. The zero-order valence-corrected chi connectivity index (χ0v) is 12.6. The Kier molecular flexibility index (Phi) is 5.21. The van der Waals surface area contributed by atoms with Crippen LogP contribution in [-0.4, -0.2) is 32.3 Å². The summed E-state index contributed by atoms with van der Waals surface area (Å²) >= 11 is 0. The third-order valence-electron chi connectivity index (χ3n) is 2.47. The topological polar surface area (TPSA) is 82.8 Å². The number of amides is 1. The SMILES string of the molecule is COc1cc(N)c(NC(=O)COC(C)(C)C)cc1OC. The lowest BCUT2D eigenvalue weighted by Crippen LogP contribution is -2.27. The molecule has 1 rings (SSSR count). The fourth-order valence-electron chi connectivity index (χ4n) is 1.47. The molecular formula is C14H22N2O4. The van der Waals surface area contributed by atoms with Crippen LogP contribution in [0.2, 0.25) is 0 Å². The Hall–Kier alpha value is -1.95. The molecule has 0 bridgehead atoms. The second-order valence-corrected chi connectivity index (χ2v) is 5.24. The van der Waals surface area contributed by atoms with Crippen LogP contribution >= 0.6 is 0 Å². The molecular weight excluding hydrogens is 260 g/mol. The van der Waals surface area contributed by atoms with Crippen molar-refractivity contribution in [2.75, 3.05) is 31.9 Å². The van der Waals surface area contributed by atoms with Crippen molar-refractivity contribution < 1.29 is 19.0 Å². The molecule has 0 spiro atoms. The van der Waals surface area contributed by atoms with Crippen molar-refractivity contribution in [1.82, 2.24) is 0 Å². The Balaban J connectivity index is 2.79. The molecule has 0 saturated heterocycles. The van der Waals surface area contributed by atoms with Gasteiger partial charge in [0, 0.05) is 12.1 Å². The van der Waals surface area contributed by atoms with E-state index in [-0.39, 0.29) is 18.1 Å². The van der Waals surface area contributed by atoms with E-state index >= 15 is 0 Å². The minimum atomic E-state index is -0.375. The summed E-state index contributed by atoms with van der Waals surface area (Å²) in [7, 11) is 3.04. The third kappa shape index (κ3) is 4.62. The van der Waals surface area contributed by atoms with Crippen LogP contribution < -0.4 is 20.5 Å². The molecule has 1 aromatic rings. The van der Waals surface area contributed by atoms with Crippen molar-refractivity contribution >= 4 is 17.3 Å². The first-order chi connectivity index (χ1) is 9.26. The first kappa shape index (κ1) is 16.1. The Morgan fingerprint density at radius 2 is 1.75 bits per heavy atom. The zero-order chi connectivity index (χ0) is 15.3. The minimum absolute atomic E-state index is 0.0444. The van der Waals surface area contributed by atoms with Gasteiger partial charge in [0.05, 0.1) is 31.2 Å². The lowest BCUT2D eigenvalue weighted by Gasteiger charge is -2.19. The highest BCUT2D eigenvalue weighted by Crippen LogP contribution is 2.34. The molecule has 3 N–H and O–H groups in total. The molecule has 0 aliphatic heterocycles. The van der Waals surface area contributed by atoms with Crippen molar-refractivity contribution in [3.63, 3.8) is 0 Å². The summed E-state index contributed by atoms with van der Waals surface area (Å²) in [5.74, 6) is 0.724. The van der Waals surface area contributed by atoms with Gasteiger partial charge < -0.3 is 25.3 Å². The predicted octanol–water partition coefficient (Wildman–Crippen LogP) is 2.04. The smallest absolute Gasteiger partial charge is 0.250 e. The number of nitrogens with two attached hydrogens (primary N) is 1. The number of hydrogen-bond donors (Lipinski definition) is 2. The monoisotopic (exact) mass is 282 g/mol. The number of ether oxygens (including phenoxy) is 3. The Morgan fingerprint density at radius 1 is 1.20 bits per heavy atom. The molecule has 0 aliphatic rings. The molecule has 0 aliphatic carbocycles. The van der Waals surface area contributed by atoms with Gasteiger partial charge in [-0.2, -0.15) is 0 Å². The number of hydrogen-bond acceptors (Lipinski definition) is 5. The quantitative estimate of drug-likeness (QED) is 0.807. The number of carbonyl (C=O) groups is 1. The van der Waals surface area contributed by atoms with Gasteiger partial charge in [-0.1, -0.05) is 0 Å². The van der Waals surface area contributed by atoms with Crippen LogP contribution in [0.4, 0.5) is 11.4 Å². The summed E-state index contributed by atoms with van der Waals surface area (Å²) in [6.07, 6.45) is 0. The number of nitrogens with one attached hydrogen (secondary N) is 1. The maximum atomic E-state index is 11.8. The molecule has 6 nitrogen and oxygen atoms in total. The molecule has 0 radical (unpaired) electrons. The van der Waals surface area contributed by atoms with Crippen LogP contribution in [-0.2, 0) is 9.53 Å². The summed E-state index contributed by atoms with van der Waals surface area (Å²) in [4.78, 5) is 11.8. The number of anilines is 2. The van der Waals surface area contributed by atoms with Crippen molar-refractivity contribution in [3.8, 4) is 11.5 Å². The van der Waals surface area contributed by atoms with Gasteiger partial charge in [-0.25, -0.2) is 0 Å². The van der Waals surface area contributed by atoms with Crippen molar-refractivity contribution in [2.24, 2.45) is 0 Å². The van der Waals surface area contributed by atoms with Gasteiger partial charge in [-0.05, 0) is 20.8 Å². The van der Waals surface area contributed by atoms with E-state index < -0.39 is 0 Å². The van der Waals surface area contributed by atoms with E-state index in [0.29, 0.717) is 22.9 Å². The Labute approximate surface area is 119 Å². The van der Waals surface area contributed by atoms with Crippen LogP contribution in [0.15, 0.2) is 12.1 Å². The van der Waals surface area contributed by atoms with Gasteiger partial charge in [-0.3, -0.25) is 4.79 Å². The number of nitrogen functional groups attached to an aromatic ring is 1. The third-order valence-corrected chi connectivity index (χ3v) is 2.47. The van der Waals surface area contributed by atoms with E-state index in [2.05, 4.69) is 5.32 Å². The van der Waals surface area contributed by atoms with Gasteiger partial charge in [0.1, 0.15) is 6.61 Å². The molecule has 20 heavy (non-hydrogen) atoms. The summed E-state index contributed by atoms with van der Waals surface area (Å²) in [5.41, 5.74) is 6.34. The van der Waals surface area contributed by atoms with Crippen molar-refractivity contribution in [2.45, 2.75) is 26.4 Å². The first-order valence-corrected chi connectivity index (χ1v) is 6.22. The van der Waals surface area contributed by atoms with Gasteiger partial charge in [0.25, 0.3) is 0 Å². The summed E-state index contributed by atoms with van der Waals surface area (Å²) in [6.45, 7) is 5.60. The van der Waals surface area contributed by atoms with Gasteiger partial charge in [0.15, 0.2) is 11.5 Å². The molecule has 1 aromatic carbocycles. The number of benzene rings is 1. The molecule has 0 saturated carbocycles. The molecule has 0 aromatic heterocycles. The second kappa shape index (κ2) is 6.47. The fraction of sp³-hybridized carbons (Fsp3) is 0.500. The average molecular weight is 282 g/mol. The summed E-state index contributed by atoms with van der Waals surface area (Å²) in [5, 5.41) is 2.68. The standard InChI is InChI=1S/C14H22N2O4/c1-14(2,3)20-8-13(17)16-10-7-12(19-5)11(18-4)6-9(10)15/h6-7H,8,15H2,1-5H3,(H,16,17). The van der Waals surface area contributed by atoms with Crippen molar-refractivity contribution in [1.29, 1.82) is 0 Å². The molecule has 0 unspecified atom stereocenters. The van der Waals surface area contributed by atoms with E-state index in [4.69, 9.17) is 19.9 Å². The van der Waals surface area contributed by atoms with E-state index in [1.54, 1.807) is 12.1 Å². The summed E-state index contributed by atoms with van der Waals surface area (Å²) in [6, 6.07) is 3.21. The van der Waals surface area contributed by atoms with E-state index in [0.717, 1.165) is 0 Å². The second-order valence-electron chi connectivity index (χ2n) is 5.24. The van der Waals surface area contributed by atoms with Gasteiger partial charge in [-0.15, -0.1) is 0 Å². The lowest BCUT2D eigenvalue weighted by atomic mass is 10.2. The lowest BCUT2D eigenvalue weighted by molar-refractivity contribution is -0.125. The predicted molar refractivity (Wildman–Crippen MR) is 78.3 cm³/mol. The largest absolute Gasteiger partial charge is 0.493 e. The van der Waals surface area contributed by atoms with Crippen LogP contribution in [0.5, 0.6) is 11.5 Å². The molecule has 6 heteroatoms. The van der Waals surface area contributed by atoms with Crippen LogP contribution in [0.3, 0.4) is 0 Å². The number of carbonyl (C=O) groups excluding carboxylic acids is 1. The molecule has 1 amide bonds. The minimum Gasteiger partial charge on any atom is -0.493 e. The molecule has 0 heterocycles. The highest BCUT2D eigenvalue weighted by atomic mass is 16.5. The van der Waals surface area contributed by atoms with Crippen LogP contribution in [0.1, 0.15) is 20.8 Å². The number of rotatable bonds is 5. The zero-order valence-electron chi connectivity index (χ0n) is 12.6. The van der Waals surface area contributed by atoms with E-state index in [1.165, 1.54) is 14.2 Å². The number of methoxy groups -OCH3 is 2. The Bertz CT molecular complexity index is 481. The van der Waals surface area contributed by atoms with Gasteiger partial charge in [0.2, 0.25) is 5.91 Å². The molecule has 0 fully saturated rings. The average Bonchev–Trinajstić information content (AvgIpc) is 2.37. The summed E-state index contributed by atoms with van der Waals surface area (Å²) < 4.78 is 15.7. The van der Waals surface area contributed by atoms with E-state index in [9.17, 15) is 4.79 Å². The molecule has 112 valence electrons. The fourth-order valence-corrected chi connectivity index (χ4v) is 1.47.